The van der Waals surface area contributed by atoms with Crippen molar-refractivity contribution in [3.63, 3.8) is 0 Å². The summed E-state index contributed by atoms with van der Waals surface area (Å²) in [6, 6.07) is 13.8. The molecule has 1 unspecified atom stereocenters. The van der Waals surface area contributed by atoms with Gasteiger partial charge in [-0.3, -0.25) is 9.59 Å². The van der Waals surface area contributed by atoms with Gasteiger partial charge in [0.1, 0.15) is 6.04 Å². The van der Waals surface area contributed by atoms with Gasteiger partial charge in [0.05, 0.1) is 0 Å². The highest BCUT2D eigenvalue weighted by Gasteiger charge is 2.16. The van der Waals surface area contributed by atoms with E-state index < -0.39 is 6.04 Å². The van der Waals surface area contributed by atoms with E-state index in [1.807, 2.05) is 45.0 Å². The molecular weight excluding hydrogens is 338 g/mol. The summed E-state index contributed by atoms with van der Waals surface area (Å²) in [5, 5.41) is 5.58. The van der Waals surface area contributed by atoms with Crippen LogP contribution in [0.4, 0.5) is 11.4 Å². The summed E-state index contributed by atoms with van der Waals surface area (Å²) >= 11 is 0. The number of carbonyl (C=O) groups excluding carboxylic acids is 2. The predicted octanol–water partition coefficient (Wildman–Crippen LogP) is 3.65. The molecular formula is C19H24ClN3O2. The number of amides is 2. The second-order valence-corrected chi connectivity index (χ2v) is 6.10. The number of benzene rings is 2. The molecule has 5 nitrogen and oxygen atoms in total. The van der Waals surface area contributed by atoms with E-state index in [1.54, 1.807) is 24.3 Å². The van der Waals surface area contributed by atoms with Gasteiger partial charge in [0, 0.05) is 17.3 Å². The van der Waals surface area contributed by atoms with Gasteiger partial charge >= 0.3 is 0 Å². The van der Waals surface area contributed by atoms with Crippen molar-refractivity contribution in [2.24, 2.45) is 11.7 Å². The fourth-order valence-electron chi connectivity index (χ4n) is 2.11. The zero-order valence-corrected chi connectivity index (χ0v) is 15.4. The van der Waals surface area contributed by atoms with Crippen LogP contribution < -0.4 is 16.4 Å². The summed E-state index contributed by atoms with van der Waals surface area (Å²) < 4.78 is 0. The molecule has 6 heteroatoms. The van der Waals surface area contributed by atoms with Crippen molar-refractivity contribution in [2.45, 2.75) is 26.8 Å². The third kappa shape index (κ3) is 5.89. The van der Waals surface area contributed by atoms with E-state index >= 15 is 0 Å². The molecule has 0 aliphatic heterocycles. The monoisotopic (exact) mass is 361 g/mol. The number of rotatable bonds is 5. The lowest BCUT2D eigenvalue weighted by Gasteiger charge is -2.14. The van der Waals surface area contributed by atoms with Crippen LogP contribution in [-0.2, 0) is 9.59 Å². The van der Waals surface area contributed by atoms with Gasteiger partial charge in [-0.25, -0.2) is 0 Å². The lowest BCUT2D eigenvalue weighted by Crippen LogP contribution is -2.27. The van der Waals surface area contributed by atoms with Crippen molar-refractivity contribution >= 4 is 35.6 Å². The first-order chi connectivity index (χ1) is 11.4. The van der Waals surface area contributed by atoms with Crippen molar-refractivity contribution in [2.75, 3.05) is 10.6 Å². The molecule has 0 saturated heterocycles. The standard InChI is InChI=1S/C19H23N3O2.ClH/c1-12(2)18(23)21-15-5-4-6-16(11-15)22-19(24)17(20)14-9-7-13(3)8-10-14;/h4-12,17H,20H2,1-3H3,(H,21,23)(H,22,24);1H. The minimum atomic E-state index is -0.750. The zero-order chi connectivity index (χ0) is 17.7. The molecule has 2 rings (SSSR count). The molecule has 0 radical (unpaired) electrons. The molecule has 2 aromatic carbocycles. The lowest BCUT2D eigenvalue weighted by atomic mass is 10.1. The minimum Gasteiger partial charge on any atom is -0.326 e. The molecule has 0 spiro atoms. The minimum absolute atomic E-state index is 0. The molecule has 25 heavy (non-hydrogen) atoms. The third-order valence-corrected chi connectivity index (χ3v) is 3.64. The van der Waals surface area contributed by atoms with E-state index in [9.17, 15) is 9.59 Å². The number of hydrogen-bond acceptors (Lipinski definition) is 3. The Bertz CT molecular complexity index is 730. The number of halogens is 1. The van der Waals surface area contributed by atoms with E-state index in [1.165, 1.54) is 0 Å². The van der Waals surface area contributed by atoms with Crippen LogP contribution in [0.2, 0.25) is 0 Å². The van der Waals surface area contributed by atoms with Crippen LogP contribution in [0.3, 0.4) is 0 Å². The van der Waals surface area contributed by atoms with Gasteiger partial charge in [0.25, 0.3) is 0 Å². The molecule has 0 saturated carbocycles. The maximum Gasteiger partial charge on any atom is 0.245 e. The molecule has 0 bridgehead atoms. The smallest absolute Gasteiger partial charge is 0.245 e. The van der Waals surface area contributed by atoms with Crippen molar-refractivity contribution in [1.82, 2.24) is 0 Å². The van der Waals surface area contributed by atoms with Gasteiger partial charge in [-0.15, -0.1) is 12.4 Å². The second kappa shape index (κ2) is 9.20. The fourth-order valence-corrected chi connectivity index (χ4v) is 2.11. The Kier molecular flexibility index (Phi) is 7.61. The number of nitrogens with two attached hydrogens (primary N) is 1. The highest BCUT2D eigenvalue weighted by Crippen LogP contribution is 2.18. The van der Waals surface area contributed by atoms with Crippen molar-refractivity contribution < 1.29 is 9.59 Å². The average molecular weight is 362 g/mol. The van der Waals surface area contributed by atoms with Crippen LogP contribution >= 0.6 is 12.4 Å². The predicted molar refractivity (Wildman–Crippen MR) is 104 cm³/mol. The van der Waals surface area contributed by atoms with Gasteiger partial charge in [0.15, 0.2) is 0 Å². The summed E-state index contributed by atoms with van der Waals surface area (Å²) in [4.78, 5) is 24.1. The Labute approximate surface area is 154 Å². The topological polar surface area (TPSA) is 84.2 Å². The molecule has 134 valence electrons. The molecule has 2 aromatic rings. The van der Waals surface area contributed by atoms with Gasteiger partial charge in [-0.1, -0.05) is 49.7 Å². The molecule has 0 aliphatic rings. The van der Waals surface area contributed by atoms with Crippen molar-refractivity contribution in [3.8, 4) is 0 Å². The van der Waals surface area contributed by atoms with E-state index in [2.05, 4.69) is 10.6 Å². The number of anilines is 2. The number of hydrogen-bond donors (Lipinski definition) is 3. The van der Waals surface area contributed by atoms with E-state index in [-0.39, 0.29) is 30.1 Å². The van der Waals surface area contributed by atoms with E-state index in [4.69, 9.17) is 5.73 Å². The summed E-state index contributed by atoms with van der Waals surface area (Å²) in [5.74, 6) is -0.487. The summed E-state index contributed by atoms with van der Waals surface area (Å²) in [5.41, 5.74) is 9.10. The third-order valence-electron chi connectivity index (χ3n) is 3.64. The molecule has 0 heterocycles. The highest BCUT2D eigenvalue weighted by molar-refractivity contribution is 5.97. The average Bonchev–Trinajstić information content (AvgIpc) is 2.55. The van der Waals surface area contributed by atoms with Gasteiger partial charge in [-0.05, 0) is 30.7 Å². The first kappa shape index (κ1) is 20.7. The second-order valence-electron chi connectivity index (χ2n) is 6.10. The van der Waals surface area contributed by atoms with Gasteiger partial charge in [0.2, 0.25) is 11.8 Å². The zero-order valence-electron chi connectivity index (χ0n) is 14.6. The fraction of sp³-hybridized carbons (Fsp3) is 0.263. The molecule has 4 N–H and O–H groups in total. The normalized spacial score (nSPS) is 11.4. The van der Waals surface area contributed by atoms with Crippen molar-refractivity contribution in [1.29, 1.82) is 0 Å². The number of aryl methyl sites for hydroxylation is 1. The Hall–Kier alpha value is -2.37. The quantitative estimate of drug-likeness (QED) is 0.760. The molecule has 1 atom stereocenters. The summed E-state index contributed by atoms with van der Waals surface area (Å²) in [7, 11) is 0. The first-order valence-electron chi connectivity index (χ1n) is 7.91. The maximum absolute atomic E-state index is 12.3. The Morgan fingerprint density at radius 3 is 1.96 bits per heavy atom. The molecule has 0 aromatic heterocycles. The largest absolute Gasteiger partial charge is 0.326 e. The Balaban J connectivity index is 0.00000312. The van der Waals surface area contributed by atoms with Gasteiger partial charge in [-0.2, -0.15) is 0 Å². The van der Waals surface area contributed by atoms with E-state index in [0.717, 1.165) is 11.1 Å². The Morgan fingerprint density at radius 1 is 0.920 bits per heavy atom. The molecule has 2 amide bonds. The van der Waals surface area contributed by atoms with Crippen LogP contribution in [0, 0.1) is 12.8 Å². The molecule has 0 fully saturated rings. The SMILES string of the molecule is Cc1ccc(C(N)C(=O)Nc2cccc(NC(=O)C(C)C)c2)cc1.Cl. The van der Waals surface area contributed by atoms with Crippen LogP contribution in [-0.4, -0.2) is 11.8 Å². The van der Waals surface area contributed by atoms with Crippen molar-refractivity contribution in [3.05, 3.63) is 59.7 Å². The van der Waals surface area contributed by atoms with Crippen LogP contribution in [0.25, 0.3) is 0 Å². The first-order valence-corrected chi connectivity index (χ1v) is 7.91. The van der Waals surface area contributed by atoms with Gasteiger partial charge < -0.3 is 16.4 Å². The summed E-state index contributed by atoms with van der Waals surface area (Å²) in [6.07, 6.45) is 0. The van der Waals surface area contributed by atoms with Crippen LogP contribution in [0.1, 0.15) is 31.0 Å². The molecule has 0 aliphatic carbocycles. The number of carbonyl (C=O) groups is 2. The highest BCUT2D eigenvalue weighted by atomic mass is 35.5. The maximum atomic E-state index is 12.3. The van der Waals surface area contributed by atoms with E-state index in [0.29, 0.717) is 11.4 Å². The lowest BCUT2D eigenvalue weighted by molar-refractivity contribution is -0.119. The summed E-state index contributed by atoms with van der Waals surface area (Å²) in [6.45, 7) is 5.62. The Morgan fingerprint density at radius 2 is 1.44 bits per heavy atom. The van der Waals surface area contributed by atoms with Crippen LogP contribution in [0.5, 0.6) is 0 Å². The number of nitrogens with one attached hydrogen (secondary N) is 2. The van der Waals surface area contributed by atoms with Crippen LogP contribution in [0.15, 0.2) is 48.5 Å².